The van der Waals surface area contributed by atoms with Gasteiger partial charge in [0.2, 0.25) is 5.91 Å². The largest absolute Gasteiger partial charge is 0.497 e. The number of rotatable bonds is 8. The summed E-state index contributed by atoms with van der Waals surface area (Å²) in [5.41, 5.74) is 0.309. The normalized spacial score (nSPS) is 20.2. The van der Waals surface area contributed by atoms with E-state index in [2.05, 4.69) is 10.6 Å². The van der Waals surface area contributed by atoms with E-state index in [1.54, 1.807) is 18.2 Å². The Morgan fingerprint density at radius 2 is 2.04 bits per heavy atom. The highest BCUT2D eigenvalue weighted by Crippen LogP contribution is 2.24. The van der Waals surface area contributed by atoms with Crippen molar-refractivity contribution in [1.82, 2.24) is 10.6 Å². The number of carbonyl (C=O) groups is 2. The summed E-state index contributed by atoms with van der Waals surface area (Å²) in [5, 5.41) is 15.3. The van der Waals surface area contributed by atoms with Crippen LogP contribution in [-0.2, 0) is 9.53 Å². The van der Waals surface area contributed by atoms with Crippen molar-refractivity contribution in [1.29, 1.82) is 0 Å². The summed E-state index contributed by atoms with van der Waals surface area (Å²) in [7, 11) is 2.99. The number of aliphatic hydroxyl groups is 1. The molecule has 8 heteroatoms. The molecule has 3 atom stereocenters. The molecule has 1 fully saturated rings. The number of benzene rings is 1. The zero-order valence-corrected chi connectivity index (χ0v) is 16.2. The molecule has 0 bridgehead atoms. The van der Waals surface area contributed by atoms with E-state index in [0.717, 1.165) is 0 Å². The minimum absolute atomic E-state index is 0.184. The van der Waals surface area contributed by atoms with E-state index in [1.165, 1.54) is 14.2 Å². The van der Waals surface area contributed by atoms with Gasteiger partial charge in [-0.3, -0.25) is 9.59 Å². The van der Waals surface area contributed by atoms with Crippen LogP contribution < -0.4 is 20.1 Å². The standard InChI is InChI=1S/C19H28N2O6/c1-11(2)9-15(18(23)20-14-7-8-27-19(14)24)21-17(22)13-6-5-12(25-3)10-16(13)26-4/h5-6,10-11,14-15,19,24H,7-9H2,1-4H3,(H,20,23)(H,21,22)/t14-,15-,19?/m0/s1. The minimum Gasteiger partial charge on any atom is -0.497 e. The first-order chi connectivity index (χ1) is 12.8. The molecule has 2 rings (SSSR count). The van der Waals surface area contributed by atoms with E-state index in [4.69, 9.17) is 14.2 Å². The SMILES string of the molecule is COc1ccc(C(=O)N[C@@H](CC(C)C)C(=O)N[C@H]2CCOC2O)c(OC)c1. The van der Waals surface area contributed by atoms with Crippen molar-refractivity contribution in [3.63, 3.8) is 0 Å². The van der Waals surface area contributed by atoms with E-state index in [1.807, 2.05) is 13.8 Å². The van der Waals surface area contributed by atoms with Gasteiger partial charge >= 0.3 is 0 Å². The maximum atomic E-state index is 12.7. The molecule has 0 aliphatic carbocycles. The first-order valence-electron chi connectivity index (χ1n) is 8.98. The molecule has 0 spiro atoms. The monoisotopic (exact) mass is 380 g/mol. The van der Waals surface area contributed by atoms with Gasteiger partial charge in [0.1, 0.15) is 17.5 Å². The van der Waals surface area contributed by atoms with Gasteiger partial charge in [0.05, 0.1) is 32.4 Å². The fraction of sp³-hybridized carbons (Fsp3) is 0.579. The highest BCUT2D eigenvalue weighted by molar-refractivity contribution is 5.99. The Morgan fingerprint density at radius 3 is 2.59 bits per heavy atom. The molecule has 1 heterocycles. The number of methoxy groups -OCH3 is 2. The summed E-state index contributed by atoms with van der Waals surface area (Å²) < 4.78 is 15.5. The van der Waals surface area contributed by atoms with E-state index in [-0.39, 0.29) is 11.8 Å². The number of hydrogen-bond donors (Lipinski definition) is 3. The van der Waals surface area contributed by atoms with Gasteiger partial charge in [0.15, 0.2) is 6.29 Å². The smallest absolute Gasteiger partial charge is 0.255 e. The van der Waals surface area contributed by atoms with Gasteiger partial charge in [-0.05, 0) is 30.9 Å². The average Bonchev–Trinajstić information content (AvgIpc) is 3.04. The molecule has 1 unspecified atom stereocenters. The maximum absolute atomic E-state index is 12.7. The van der Waals surface area contributed by atoms with Crippen molar-refractivity contribution in [2.75, 3.05) is 20.8 Å². The lowest BCUT2D eigenvalue weighted by molar-refractivity contribution is -0.127. The first kappa shape index (κ1) is 21.0. The number of hydrogen-bond acceptors (Lipinski definition) is 6. The van der Waals surface area contributed by atoms with Crippen LogP contribution in [0.15, 0.2) is 18.2 Å². The van der Waals surface area contributed by atoms with Crippen LogP contribution in [0.5, 0.6) is 11.5 Å². The Morgan fingerprint density at radius 1 is 1.30 bits per heavy atom. The highest BCUT2D eigenvalue weighted by Gasteiger charge is 2.31. The Bertz CT molecular complexity index is 664. The molecule has 1 aliphatic heterocycles. The van der Waals surface area contributed by atoms with Crippen molar-refractivity contribution in [2.45, 2.75) is 45.1 Å². The molecule has 150 valence electrons. The Balaban J connectivity index is 2.12. The second kappa shape index (κ2) is 9.57. The molecule has 1 aliphatic rings. The summed E-state index contributed by atoms with van der Waals surface area (Å²) in [4.78, 5) is 25.4. The zero-order chi connectivity index (χ0) is 20.0. The predicted octanol–water partition coefficient (Wildman–Crippen LogP) is 1.07. The average molecular weight is 380 g/mol. The topological polar surface area (TPSA) is 106 Å². The third-order valence-electron chi connectivity index (χ3n) is 4.37. The van der Waals surface area contributed by atoms with Crippen LogP contribution in [0.25, 0.3) is 0 Å². The number of ether oxygens (including phenoxy) is 3. The maximum Gasteiger partial charge on any atom is 0.255 e. The lowest BCUT2D eigenvalue weighted by Crippen LogP contribution is -2.51. The Hall–Kier alpha value is -2.32. The molecule has 27 heavy (non-hydrogen) atoms. The quantitative estimate of drug-likeness (QED) is 0.623. The number of aliphatic hydroxyl groups excluding tert-OH is 1. The molecule has 2 amide bonds. The molecule has 0 saturated carbocycles. The van der Waals surface area contributed by atoms with Gasteiger partial charge in [-0.2, -0.15) is 0 Å². The lowest BCUT2D eigenvalue weighted by atomic mass is 10.0. The molecular formula is C19H28N2O6. The van der Waals surface area contributed by atoms with E-state index in [0.29, 0.717) is 36.5 Å². The summed E-state index contributed by atoms with van der Waals surface area (Å²) in [6, 6.07) is 3.64. The van der Waals surface area contributed by atoms with Crippen LogP contribution >= 0.6 is 0 Å². The third kappa shape index (κ3) is 5.58. The zero-order valence-electron chi connectivity index (χ0n) is 16.2. The Kier molecular flexibility index (Phi) is 7.44. The van der Waals surface area contributed by atoms with Crippen LogP contribution in [0.3, 0.4) is 0 Å². The molecule has 1 aromatic carbocycles. The molecule has 3 N–H and O–H groups in total. The van der Waals surface area contributed by atoms with Crippen LogP contribution in [0.4, 0.5) is 0 Å². The van der Waals surface area contributed by atoms with Gasteiger partial charge in [-0.15, -0.1) is 0 Å². The lowest BCUT2D eigenvalue weighted by Gasteiger charge is -2.23. The van der Waals surface area contributed by atoms with Gasteiger partial charge in [-0.1, -0.05) is 13.8 Å². The van der Waals surface area contributed by atoms with Crippen molar-refractivity contribution < 1.29 is 28.9 Å². The highest BCUT2D eigenvalue weighted by atomic mass is 16.6. The molecule has 1 saturated heterocycles. The summed E-state index contributed by atoms with van der Waals surface area (Å²) >= 11 is 0. The van der Waals surface area contributed by atoms with Gasteiger partial charge in [0, 0.05) is 6.07 Å². The second-order valence-corrected chi connectivity index (χ2v) is 6.89. The molecule has 8 nitrogen and oxygen atoms in total. The molecule has 1 aromatic rings. The minimum atomic E-state index is -1.02. The van der Waals surface area contributed by atoms with Crippen LogP contribution in [0.1, 0.15) is 37.0 Å². The number of nitrogens with one attached hydrogen (secondary N) is 2. The van der Waals surface area contributed by atoms with Gasteiger partial charge in [0.25, 0.3) is 5.91 Å². The molecule has 0 aromatic heterocycles. The first-order valence-corrected chi connectivity index (χ1v) is 8.98. The van der Waals surface area contributed by atoms with Crippen LogP contribution in [0.2, 0.25) is 0 Å². The molecular weight excluding hydrogens is 352 g/mol. The molecule has 0 radical (unpaired) electrons. The summed E-state index contributed by atoms with van der Waals surface area (Å²) in [6.07, 6.45) is -0.0348. The van der Waals surface area contributed by atoms with Crippen molar-refractivity contribution in [3.05, 3.63) is 23.8 Å². The van der Waals surface area contributed by atoms with Crippen molar-refractivity contribution >= 4 is 11.8 Å². The third-order valence-corrected chi connectivity index (χ3v) is 4.37. The van der Waals surface area contributed by atoms with Gasteiger partial charge < -0.3 is 30.0 Å². The number of amides is 2. The summed E-state index contributed by atoms with van der Waals surface area (Å²) in [5.74, 6) is 0.339. The second-order valence-electron chi connectivity index (χ2n) is 6.89. The predicted molar refractivity (Wildman–Crippen MR) is 98.8 cm³/mol. The summed E-state index contributed by atoms with van der Waals surface area (Å²) in [6.45, 7) is 4.32. The fourth-order valence-electron chi connectivity index (χ4n) is 2.93. The fourth-order valence-corrected chi connectivity index (χ4v) is 2.93. The van der Waals surface area contributed by atoms with E-state index in [9.17, 15) is 14.7 Å². The van der Waals surface area contributed by atoms with Crippen molar-refractivity contribution in [3.8, 4) is 11.5 Å². The Labute approximate surface area is 159 Å². The van der Waals surface area contributed by atoms with Gasteiger partial charge in [-0.25, -0.2) is 0 Å². The number of carbonyl (C=O) groups excluding carboxylic acids is 2. The van der Waals surface area contributed by atoms with Crippen LogP contribution in [0, 0.1) is 5.92 Å². The van der Waals surface area contributed by atoms with Crippen molar-refractivity contribution in [2.24, 2.45) is 5.92 Å². The van der Waals surface area contributed by atoms with E-state index >= 15 is 0 Å². The van der Waals surface area contributed by atoms with E-state index < -0.39 is 24.3 Å². The van der Waals surface area contributed by atoms with Crippen LogP contribution in [-0.4, -0.2) is 56.1 Å².